The number of benzene rings is 1. The Hall–Kier alpha value is -2.64. The van der Waals surface area contributed by atoms with Gasteiger partial charge in [-0.2, -0.15) is 0 Å². The van der Waals surface area contributed by atoms with Crippen molar-refractivity contribution in [2.45, 2.75) is 25.8 Å². The van der Waals surface area contributed by atoms with E-state index in [0.717, 1.165) is 5.56 Å². The van der Waals surface area contributed by atoms with E-state index in [9.17, 15) is 9.59 Å². The molecule has 0 saturated carbocycles. The third-order valence-corrected chi connectivity index (χ3v) is 4.93. The number of aromatic nitrogens is 1. The smallest absolute Gasteiger partial charge is 0.293 e. The van der Waals surface area contributed by atoms with Crippen molar-refractivity contribution in [3.8, 4) is 0 Å². The summed E-state index contributed by atoms with van der Waals surface area (Å²) in [5, 5.41) is 8.44. The number of hydrogen-bond acceptors (Lipinski definition) is 5. The van der Waals surface area contributed by atoms with Crippen molar-refractivity contribution >= 4 is 39.9 Å². The van der Waals surface area contributed by atoms with E-state index in [1.807, 2.05) is 31.2 Å². The molecular weight excluding hydrogens is 386 g/mol. The molecule has 27 heavy (non-hydrogen) atoms. The zero-order chi connectivity index (χ0) is 19.2. The number of carbonyl (C=O) groups excluding carboxylic acids is 2. The third-order valence-electron chi connectivity index (χ3n) is 3.75. The molecule has 3 rings (SSSR count). The van der Waals surface area contributed by atoms with Gasteiger partial charge in [0.2, 0.25) is 5.91 Å². The fraction of sp³-hybridized carbons (Fsp3) is 0.211. The molecule has 0 aliphatic carbocycles. The van der Waals surface area contributed by atoms with Gasteiger partial charge in [0, 0.05) is 16.4 Å². The zero-order valence-corrected chi connectivity index (χ0v) is 16.1. The third kappa shape index (κ3) is 5.42. The van der Waals surface area contributed by atoms with Crippen molar-refractivity contribution in [3.63, 3.8) is 0 Å². The molecule has 0 saturated heterocycles. The van der Waals surface area contributed by atoms with Crippen molar-refractivity contribution in [3.05, 3.63) is 70.1 Å². The molecular formula is C19H18ClN3O3S. The topological polar surface area (TPSA) is 84.2 Å². The van der Waals surface area contributed by atoms with Crippen molar-refractivity contribution in [2.24, 2.45) is 0 Å². The molecule has 140 valence electrons. The van der Waals surface area contributed by atoms with Gasteiger partial charge >= 0.3 is 0 Å². The lowest BCUT2D eigenvalue weighted by Gasteiger charge is -2.14. The molecule has 0 spiro atoms. The lowest BCUT2D eigenvalue weighted by molar-refractivity contribution is -0.121. The molecule has 2 amide bonds. The Balaban J connectivity index is 1.50. The van der Waals surface area contributed by atoms with Crippen LogP contribution in [-0.2, 0) is 17.6 Å². The second kappa shape index (κ2) is 8.83. The first-order valence-corrected chi connectivity index (χ1v) is 9.59. The van der Waals surface area contributed by atoms with Crippen molar-refractivity contribution < 1.29 is 14.0 Å². The van der Waals surface area contributed by atoms with E-state index < -0.39 is 0 Å². The maximum Gasteiger partial charge on any atom is 0.293 e. The first-order chi connectivity index (χ1) is 13.0. The maximum absolute atomic E-state index is 12.2. The highest BCUT2D eigenvalue weighted by Gasteiger charge is 2.14. The van der Waals surface area contributed by atoms with Crippen LogP contribution in [0.15, 0.2) is 52.5 Å². The van der Waals surface area contributed by atoms with Gasteiger partial charge in [-0.3, -0.25) is 14.9 Å². The number of carbonyl (C=O) groups is 2. The molecule has 2 N–H and O–H groups in total. The van der Waals surface area contributed by atoms with Crippen LogP contribution in [-0.4, -0.2) is 22.8 Å². The average Bonchev–Trinajstić information content (AvgIpc) is 3.29. The summed E-state index contributed by atoms with van der Waals surface area (Å²) < 4.78 is 5.03. The van der Waals surface area contributed by atoms with Crippen LogP contribution in [0.2, 0.25) is 5.02 Å². The van der Waals surface area contributed by atoms with Crippen LogP contribution in [0, 0.1) is 0 Å². The lowest BCUT2D eigenvalue weighted by atomic mass is 10.1. The molecule has 2 aromatic heterocycles. The normalized spacial score (nSPS) is 11.8. The van der Waals surface area contributed by atoms with E-state index in [0.29, 0.717) is 22.3 Å². The number of thiazole rings is 1. The van der Waals surface area contributed by atoms with Gasteiger partial charge in [0.05, 0.1) is 18.4 Å². The molecule has 8 heteroatoms. The summed E-state index contributed by atoms with van der Waals surface area (Å²) in [6.45, 7) is 1.93. The summed E-state index contributed by atoms with van der Waals surface area (Å²) in [7, 11) is 0. The molecule has 0 aliphatic heterocycles. The van der Waals surface area contributed by atoms with Crippen LogP contribution < -0.4 is 10.6 Å². The number of amides is 2. The van der Waals surface area contributed by atoms with Gasteiger partial charge in [-0.15, -0.1) is 11.3 Å². The minimum Gasteiger partial charge on any atom is -0.459 e. The minimum absolute atomic E-state index is 0.0610. The van der Waals surface area contributed by atoms with Crippen LogP contribution in [0.5, 0.6) is 0 Å². The summed E-state index contributed by atoms with van der Waals surface area (Å²) in [6.07, 6.45) is 2.21. The summed E-state index contributed by atoms with van der Waals surface area (Å²) in [6, 6.07) is 10.7. The van der Waals surface area contributed by atoms with Gasteiger partial charge in [-0.05, 0) is 37.1 Å². The van der Waals surface area contributed by atoms with E-state index in [2.05, 4.69) is 15.6 Å². The largest absolute Gasteiger partial charge is 0.459 e. The second-order valence-electron chi connectivity index (χ2n) is 6.02. The molecule has 0 radical (unpaired) electrons. The highest BCUT2D eigenvalue weighted by Crippen LogP contribution is 2.18. The lowest BCUT2D eigenvalue weighted by Crippen LogP contribution is -2.35. The van der Waals surface area contributed by atoms with Gasteiger partial charge < -0.3 is 9.73 Å². The monoisotopic (exact) mass is 403 g/mol. The summed E-state index contributed by atoms with van der Waals surface area (Å²) in [5.41, 5.74) is 1.58. The molecule has 2 heterocycles. The molecule has 1 aromatic carbocycles. The molecule has 6 nitrogen and oxygen atoms in total. The van der Waals surface area contributed by atoms with E-state index in [4.69, 9.17) is 16.0 Å². The number of hydrogen-bond donors (Lipinski definition) is 2. The van der Waals surface area contributed by atoms with E-state index in [1.54, 1.807) is 17.5 Å². The van der Waals surface area contributed by atoms with Crippen LogP contribution in [0.3, 0.4) is 0 Å². The van der Waals surface area contributed by atoms with E-state index in [1.165, 1.54) is 17.6 Å². The number of nitrogens with zero attached hydrogens (tertiary/aromatic N) is 1. The van der Waals surface area contributed by atoms with Crippen molar-refractivity contribution in [1.29, 1.82) is 0 Å². The Morgan fingerprint density at radius 3 is 2.81 bits per heavy atom. The Kier molecular flexibility index (Phi) is 6.26. The quantitative estimate of drug-likeness (QED) is 0.626. The van der Waals surface area contributed by atoms with Crippen LogP contribution in [0.4, 0.5) is 5.13 Å². The fourth-order valence-electron chi connectivity index (χ4n) is 2.55. The fourth-order valence-corrected chi connectivity index (χ4v) is 3.47. The van der Waals surface area contributed by atoms with Gasteiger partial charge in [-0.25, -0.2) is 4.98 Å². The number of anilines is 1. The second-order valence-corrected chi connectivity index (χ2v) is 7.28. The van der Waals surface area contributed by atoms with Gasteiger partial charge in [0.25, 0.3) is 5.91 Å². The maximum atomic E-state index is 12.2. The average molecular weight is 404 g/mol. The first kappa shape index (κ1) is 19.1. The summed E-state index contributed by atoms with van der Waals surface area (Å²) in [5.74, 6) is -0.305. The number of nitrogens with one attached hydrogen (secondary N) is 2. The van der Waals surface area contributed by atoms with Crippen LogP contribution in [0.1, 0.15) is 28.7 Å². The van der Waals surface area contributed by atoms with Crippen LogP contribution >= 0.6 is 22.9 Å². The zero-order valence-electron chi connectivity index (χ0n) is 14.6. The number of rotatable bonds is 7. The first-order valence-electron chi connectivity index (χ1n) is 8.33. The van der Waals surface area contributed by atoms with Crippen molar-refractivity contribution in [2.75, 3.05) is 5.32 Å². The predicted molar refractivity (Wildman–Crippen MR) is 105 cm³/mol. The Labute approximate surface area is 165 Å². The predicted octanol–water partition coefficient (Wildman–Crippen LogP) is 3.93. The van der Waals surface area contributed by atoms with Gasteiger partial charge in [0.1, 0.15) is 0 Å². The van der Waals surface area contributed by atoms with Crippen molar-refractivity contribution in [1.82, 2.24) is 10.3 Å². The van der Waals surface area contributed by atoms with E-state index in [-0.39, 0.29) is 30.0 Å². The Morgan fingerprint density at radius 2 is 2.07 bits per heavy atom. The van der Waals surface area contributed by atoms with Crippen LogP contribution in [0.25, 0.3) is 0 Å². The standard InChI is InChI=1S/C19H18ClN3O3S/c1-12(9-13-5-2-3-6-15(13)20)21-17(24)10-14-11-27-19(22-14)23-18(25)16-7-4-8-26-16/h2-8,11-12H,9-10H2,1H3,(H,21,24)(H,22,23,25)/t12-/m0/s1. The highest BCUT2D eigenvalue weighted by molar-refractivity contribution is 7.14. The summed E-state index contributed by atoms with van der Waals surface area (Å²) in [4.78, 5) is 28.4. The van der Waals surface area contributed by atoms with Gasteiger partial charge in [-0.1, -0.05) is 29.8 Å². The molecule has 0 bridgehead atoms. The molecule has 1 atom stereocenters. The molecule has 0 unspecified atom stereocenters. The Morgan fingerprint density at radius 1 is 1.26 bits per heavy atom. The molecule has 3 aromatic rings. The van der Waals surface area contributed by atoms with Gasteiger partial charge in [0.15, 0.2) is 10.9 Å². The SMILES string of the molecule is C[C@@H](Cc1ccccc1Cl)NC(=O)Cc1csc(NC(=O)c2ccco2)n1. The Bertz CT molecular complexity index is 924. The molecule has 0 aliphatic rings. The number of halogens is 1. The highest BCUT2D eigenvalue weighted by atomic mass is 35.5. The molecule has 0 fully saturated rings. The summed E-state index contributed by atoms with van der Waals surface area (Å²) >= 11 is 7.41. The minimum atomic E-state index is -0.376. The number of furan rings is 1. The van der Waals surface area contributed by atoms with E-state index >= 15 is 0 Å².